The van der Waals surface area contributed by atoms with E-state index < -0.39 is 11.8 Å². The second kappa shape index (κ2) is 7.32. The van der Waals surface area contributed by atoms with Gasteiger partial charge in [0.1, 0.15) is 5.82 Å². The second-order valence-corrected chi connectivity index (χ2v) is 4.84. The molecule has 5 nitrogen and oxygen atoms in total. The van der Waals surface area contributed by atoms with Crippen molar-refractivity contribution in [2.24, 2.45) is 0 Å². The van der Waals surface area contributed by atoms with Crippen molar-refractivity contribution < 1.29 is 18.4 Å². The molecular formula is C18H13FN2O3. The smallest absolute Gasteiger partial charge is 0.331 e. The Morgan fingerprint density at radius 3 is 2.67 bits per heavy atom. The summed E-state index contributed by atoms with van der Waals surface area (Å²) in [6, 6.07) is 15.4. The lowest BCUT2D eigenvalue weighted by Gasteiger charge is -1.97. The van der Waals surface area contributed by atoms with E-state index in [0.29, 0.717) is 11.4 Å². The van der Waals surface area contributed by atoms with Crippen molar-refractivity contribution in [3.05, 3.63) is 77.9 Å². The van der Waals surface area contributed by atoms with E-state index in [1.807, 2.05) is 30.3 Å². The number of benzene rings is 2. The van der Waals surface area contributed by atoms with Crippen molar-refractivity contribution in [3.8, 4) is 11.4 Å². The summed E-state index contributed by atoms with van der Waals surface area (Å²) in [6.45, 7) is -0.153. The first kappa shape index (κ1) is 15.6. The van der Waals surface area contributed by atoms with E-state index in [1.54, 1.807) is 18.2 Å². The molecule has 0 atom stereocenters. The highest BCUT2D eigenvalue weighted by molar-refractivity contribution is 5.87. The quantitative estimate of drug-likeness (QED) is 0.529. The summed E-state index contributed by atoms with van der Waals surface area (Å²) in [4.78, 5) is 15.8. The lowest BCUT2D eigenvalue weighted by Crippen LogP contribution is -2.01. The SMILES string of the molecule is O=C(/C=C/c1ccccc1F)OCc1nc(-c2ccccc2)no1. The summed E-state index contributed by atoms with van der Waals surface area (Å²) in [5.74, 6) is -0.436. The van der Waals surface area contributed by atoms with Crippen molar-refractivity contribution in [2.75, 3.05) is 0 Å². The van der Waals surface area contributed by atoms with Gasteiger partial charge in [-0.15, -0.1) is 0 Å². The molecule has 0 aliphatic rings. The number of nitrogens with zero attached hydrogens (tertiary/aromatic N) is 2. The van der Waals surface area contributed by atoms with Crippen LogP contribution in [0.25, 0.3) is 17.5 Å². The minimum atomic E-state index is -0.627. The number of rotatable bonds is 5. The predicted octanol–water partition coefficient (Wildman–Crippen LogP) is 3.63. The van der Waals surface area contributed by atoms with E-state index in [0.717, 1.165) is 11.6 Å². The first-order valence-corrected chi connectivity index (χ1v) is 7.20. The highest BCUT2D eigenvalue weighted by Gasteiger charge is 2.09. The van der Waals surface area contributed by atoms with Gasteiger partial charge >= 0.3 is 5.97 Å². The summed E-state index contributed by atoms with van der Waals surface area (Å²) in [5, 5.41) is 3.82. The average Bonchev–Trinajstić information content (AvgIpc) is 3.09. The van der Waals surface area contributed by atoms with Gasteiger partial charge in [-0.05, 0) is 12.1 Å². The minimum Gasteiger partial charge on any atom is -0.452 e. The maximum Gasteiger partial charge on any atom is 0.331 e. The van der Waals surface area contributed by atoms with E-state index >= 15 is 0 Å². The van der Waals surface area contributed by atoms with Crippen molar-refractivity contribution in [1.29, 1.82) is 0 Å². The average molecular weight is 324 g/mol. The maximum atomic E-state index is 13.4. The molecule has 0 N–H and O–H groups in total. The molecule has 6 heteroatoms. The van der Waals surface area contributed by atoms with Gasteiger partial charge in [-0.1, -0.05) is 53.7 Å². The summed E-state index contributed by atoms with van der Waals surface area (Å²) in [5.41, 5.74) is 1.11. The van der Waals surface area contributed by atoms with E-state index in [2.05, 4.69) is 10.1 Å². The molecule has 0 unspecified atom stereocenters. The molecule has 0 aliphatic carbocycles. The molecule has 0 spiro atoms. The third kappa shape index (κ3) is 3.92. The fourth-order valence-electron chi connectivity index (χ4n) is 1.97. The molecule has 1 aromatic heterocycles. The van der Waals surface area contributed by atoms with Gasteiger partial charge in [-0.2, -0.15) is 4.98 Å². The number of hydrogen-bond donors (Lipinski definition) is 0. The first-order chi connectivity index (χ1) is 11.7. The van der Waals surface area contributed by atoms with E-state index in [-0.39, 0.29) is 12.5 Å². The standard InChI is InChI=1S/C18H13FN2O3/c19-15-9-5-4-6-13(15)10-11-17(22)23-12-16-20-18(21-24-16)14-7-2-1-3-8-14/h1-11H,12H2/b11-10+. The Morgan fingerprint density at radius 1 is 1.12 bits per heavy atom. The molecule has 0 saturated heterocycles. The summed E-state index contributed by atoms with van der Waals surface area (Å²) >= 11 is 0. The molecule has 0 saturated carbocycles. The van der Waals surface area contributed by atoms with Crippen LogP contribution in [-0.2, 0) is 16.1 Å². The van der Waals surface area contributed by atoms with Gasteiger partial charge in [-0.3, -0.25) is 0 Å². The molecule has 3 aromatic rings. The maximum absolute atomic E-state index is 13.4. The summed E-state index contributed by atoms with van der Waals surface area (Å²) in [6.07, 6.45) is 2.49. The number of hydrogen-bond acceptors (Lipinski definition) is 5. The first-order valence-electron chi connectivity index (χ1n) is 7.20. The van der Waals surface area contributed by atoms with Gasteiger partial charge in [0, 0.05) is 17.2 Å². The normalized spacial score (nSPS) is 10.9. The lowest BCUT2D eigenvalue weighted by atomic mass is 10.2. The number of halogens is 1. The van der Waals surface area contributed by atoms with E-state index in [1.165, 1.54) is 12.1 Å². The van der Waals surface area contributed by atoms with Gasteiger partial charge in [0.05, 0.1) is 0 Å². The minimum absolute atomic E-state index is 0.153. The van der Waals surface area contributed by atoms with Crippen molar-refractivity contribution in [1.82, 2.24) is 10.1 Å². The van der Waals surface area contributed by atoms with Crippen LogP contribution in [0.15, 0.2) is 65.2 Å². The van der Waals surface area contributed by atoms with Crippen LogP contribution in [0.1, 0.15) is 11.5 Å². The number of aromatic nitrogens is 2. The third-order valence-corrected chi connectivity index (χ3v) is 3.14. The van der Waals surface area contributed by atoms with Crippen LogP contribution >= 0.6 is 0 Å². The van der Waals surface area contributed by atoms with Crippen LogP contribution in [0.5, 0.6) is 0 Å². The van der Waals surface area contributed by atoms with Gasteiger partial charge in [0.25, 0.3) is 5.89 Å². The lowest BCUT2D eigenvalue weighted by molar-refractivity contribution is -0.139. The number of ether oxygens (including phenoxy) is 1. The molecule has 2 aromatic carbocycles. The summed E-state index contributed by atoms with van der Waals surface area (Å²) < 4.78 is 23.4. The van der Waals surface area contributed by atoms with Crippen molar-refractivity contribution >= 4 is 12.0 Å². The Morgan fingerprint density at radius 2 is 1.88 bits per heavy atom. The van der Waals surface area contributed by atoms with E-state index in [4.69, 9.17) is 9.26 Å². The van der Waals surface area contributed by atoms with Gasteiger partial charge in [-0.25, -0.2) is 9.18 Å². The Labute approximate surface area is 137 Å². The van der Waals surface area contributed by atoms with Crippen LogP contribution in [0.2, 0.25) is 0 Å². The highest BCUT2D eigenvalue weighted by atomic mass is 19.1. The zero-order valence-electron chi connectivity index (χ0n) is 12.6. The molecule has 24 heavy (non-hydrogen) atoms. The fraction of sp³-hybridized carbons (Fsp3) is 0.0556. The highest BCUT2D eigenvalue weighted by Crippen LogP contribution is 2.15. The molecule has 0 radical (unpaired) electrons. The van der Waals surface area contributed by atoms with Crippen LogP contribution in [-0.4, -0.2) is 16.1 Å². The molecule has 0 bridgehead atoms. The van der Waals surface area contributed by atoms with Gasteiger partial charge < -0.3 is 9.26 Å². The van der Waals surface area contributed by atoms with E-state index in [9.17, 15) is 9.18 Å². The summed E-state index contributed by atoms with van der Waals surface area (Å²) in [7, 11) is 0. The monoisotopic (exact) mass is 324 g/mol. The molecule has 0 amide bonds. The number of carbonyl (C=O) groups is 1. The third-order valence-electron chi connectivity index (χ3n) is 3.14. The largest absolute Gasteiger partial charge is 0.452 e. The number of carbonyl (C=O) groups excluding carboxylic acids is 1. The molecule has 120 valence electrons. The Kier molecular flexibility index (Phi) is 4.76. The zero-order valence-corrected chi connectivity index (χ0v) is 12.6. The fourth-order valence-corrected chi connectivity index (χ4v) is 1.97. The Balaban J connectivity index is 1.57. The molecule has 3 rings (SSSR count). The van der Waals surface area contributed by atoms with Gasteiger partial charge in [0.15, 0.2) is 6.61 Å². The van der Waals surface area contributed by atoms with Crippen molar-refractivity contribution in [3.63, 3.8) is 0 Å². The molecule has 0 aliphatic heterocycles. The topological polar surface area (TPSA) is 65.2 Å². The van der Waals surface area contributed by atoms with Crippen LogP contribution in [0, 0.1) is 5.82 Å². The Hall–Kier alpha value is -3.28. The molecular weight excluding hydrogens is 311 g/mol. The van der Waals surface area contributed by atoms with Crippen molar-refractivity contribution in [2.45, 2.75) is 6.61 Å². The van der Waals surface area contributed by atoms with Crippen LogP contribution in [0.3, 0.4) is 0 Å². The second-order valence-electron chi connectivity index (χ2n) is 4.84. The molecule has 0 fully saturated rings. The zero-order chi connectivity index (χ0) is 16.8. The van der Waals surface area contributed by atoms with Gasteiger partial charge in [0.2, 0.25) is 5.82 Å². The molecule has 1 heterocycles. The van der Waals surface area contributed by atoms with Crippen LogP contribution < -0.4 is 0 Å². The van der Waals surface area contributed by atoms with Crippen LogP contribution in [0.4, 0.5) is 4.39 Å². The predicted molar refractivity (Wildman–Crippen MR) is 85.0 cm³/mol. The Bertz CT molecular complexity index is 859. The number of esters is 1.